The summed E-state index contributed by atoms with van der Waals surface area (Å²) in [6, 6.07) is 41.6. The van der Waals surface area contributed by atoms with Crippen molar-refractivity contribution in [2.75, 3.05) is 4.90 Å². The zero-order chi connectivity index (χ0) is 27.4. The molecule has 0 atom stereocenters. The van der Waals surface area contributed by atoms with Crippen molar-refractivity contribution in [3.05, 3.63) is 121 Å². The number of aromatic nitrogens is 1. The van der Waals surface area contributed by atoms with Gasteiger partial charge in [0.25, 0.3) is 13.4 Å². The van der Waals surface area contributed by atoms with Crippen LogP contribution in [0.3, 0.4) is 0 Å². The van der Waals surface area contributed by atoms with Gasteiger partial charge in [0.15, 0.2) is 0 Å². The molecule has 4 aliphatic rings. The van der Waals surface area contributed by atoms with Crippen LogP contribution in [0.5, 0.6) is 34.5 Å². The van der Waals surface area contributed by atoms with Crippen molar-refractivity contribution in [1.82, 2.24) is 4.98 Å². The number of rotatable bonds is 1. The first-order valence-electron chi connectivity index (χ1n) is 14.2. The zero-order valence-corrected chi connectivity index (χ0v) is 22.3. The minimum absolute atomic E-state index is 0.0489. The highest BCUT2D eigenvalue weighted by Gasteiger charge is 2.46. The molecule has 0 saturated carbocycles. The summed E-state index contributed by atoms with van der Waals surface area (Å²) in [5.74, 6) is 5.90. The third-order valence-corrected chi connectivity index (χ3v) is 8.84. The van der Waals surface area contributed by atoms with Crippen molar-refractivity contribution >= 4 is 63.5 Å². The van der Waals surface area contributed by atoms with Crippen LogP contribution < -0.4 is 52.0 Å². The third kappa shape index (κ3) is 2.87. The van der Waals surface area contributed by atoms with Crippen LogP contribution in [0.4, 0.5) is 17.2 Å². The van der Waals surface area contributed by atoms with Crippen LogP contribution in [0, 0.1) is 0 Å². The van der Waals surface area contributed by atoms with Gasteiger partial charge in [-0.1, -0.05) is 66.7 Å². The van der Waals surface area contributed by atoms with Crippen LogP contribution in [0.2, 0.25) is 0 Å². The molecule has 0 saturated heterocycles. The Hall–Kier alpha value is -5.42. The number of hydrogen-bond donors (Lipinski definition) is 0. The van der Waals surface area contributed by atoms with Crippen molar-refractivity contribution in [1.29, 1.82) is 0 Å². The van der Waals surface area contributed by atoms with E-state index in [0.29, 0.717) is 0 Å². The van der Waals surface area contributed by atoms with E-state index in [9.17, 15) is 0 Å². The Morgan fingerprint density at radius 2 is 1.05 bits per heavy atom. The lowest BCUT2D eigenvalue weighted by atomic mass is 9.33. The first kappa shape index (κ1) is 22.3. The monoisotopic (exact) mass is 538 g/mol. The molecular weight excluding hydrogens is 518 g/mol. The minimum Gasteiger partial charge on any atom is -0.458 e. The molecule has 42 heavy (non-hydrogen) atoms. The molecule has 0 aliphatic carbocycles. The molecule has 5 aromatic carbocycles. The average molecular weight is 538 g/mol. The standard InChI is InChI=1S/C35H20B2N2O3/c1-2-10-21(11-3-1)39-25-14-8-17-28-32(25)36(22-12-4-6-15-26(22)40-28)24-20-31-34(38-35(24)39)37-23-13-5-7-16-27(23)41-29-18-9-19-30(42-31)33(29)37/h1-20H. The molecule has 0 N–H and O–H groups in total. The Balaban J connectivity index is 1.29. The molecule has 10 rings (SSSR count). The fourth-order valence-corrected chi connectivity index (χ4v) is 7.14. The van der Waals surface area contributed by atoms with Crippen LogP contribution >= 0.6 is 0 Å². The Morgan fingerprint density at radius 3 is 1.79 bits per heavy atom. The van der Waals surface area contributed by atoms with Gasteiger partial charge in [0.05, 0.1) is 5.59 Å². The number of nitrogens with zero attached hydrogens (tertiary/aromatic N) is 2. The molecule has 1 aromatic heterocycles. The van der Waals surface area contributed by atoms with Crippen molar-refractivity contribution in [3.63, 3.8) is 0 Å². The van der Waals surface area contributed by atoms with Crippen molar-refractivity contribution in [3.8, 4) is 34.5 Å². The van der Waals surface area contributed by atoms with Crippen LogP contribution in [-0.2, 0) is 0 Å². The Kier molecular flexibility index (Phi) is 4.29. The molecule has 0 unspecified atom stereocenters. The summed E-state index contributed by atoms with van der Waals surface area (Å²) >= 11 is 0. The fourth-order valence-electron chi connectivity index (χ4n) is 7.14. The molecule has 7 heteroatoms. The predicted octanol–water partition coefficient (Wildman–Crippen LogP) is 4.21. The number of hydrogen-bond acceptors (Lipinski definition) is 5. The first-order valence-corrected chi connectivity index (χ1v) is 14.2. The predicted molar refractivity (Wildman–Crippen MR) is 168 cm³/mol. The molecule has 0 fully saturated rings. The normalized spacial score (nSPS) is 14.1. The van der Waals surface area contributed by atoms with E-state index in [1.54, 1.807) is 0 Å². The smallest absolute Gasteiger partial charge is 0.284 e. The van der Waals surface area contributed by atoms with Crippen LogP contribution in [0.1, 0.15) is 0 Å². The molecule has 194 valence electrons. The van der Waals surface area contributed by atoms with E-state index < -0.39 is 0 Å². The fraction of sp³-hybridized carbons (Fsp3) is 0. The van der Waals surface area contributed by atoms with Crippen LogP contribution in [0.15, 0.2) is 121 Å². The van der Waals surface area contributed by atoms with Crippen LogP contribution in [0.25, 0.3) is 0 Å². The maximum atomic E-state index is 6.67. The van der Waals surface area contributed by atoms with E-state index in [4.69, 9.17) is 19.2 Å². The summed E-state index contributed by atoms with van der Waals surface area (Å²) in [4.78, 5) is 7.84. The van der Waals surface area contributed by atoms with Crippen LogP contribution in [-0.4, -0.2) is 18.4 Å². The summed E-state index contributed by atoms with van der Waals surface area (Å²) in [5, 5.41) is 0. The number of para-hydroxylation sites is 3. The molecule has 5 nitrogen and oxygen atoms in total. The SMILES string of the molecule is c1ccc(N2c3cccc4c3B(c3ccccc3O4)c3cc4c(nc32)B2c3ccccc3Oc3cccc(c32)O4)cc1. The Bertz CT molecular complexity index is 2120. The lowest BCUT2D eigenvalue weighted by Crippen LogP contribution is -2.62. The second-order valence-electron chi connectivity index (χ2n) is 11.1. The summed E-state index contributed by atoms with van der Waals surface area (Å²) in [7, 11) is 0. The number of ether oxygens (including phenoxy) is 3. The maximum absolute atomic E-state index is 6.67. The van der Waals surface area contributed by atoms with Gasteiger partial charge < -0.3 is 14.2 Å². The molecule has 0 amide bonds. The highest BCUT2D eigenvalue weighted by molar-refractivity contribution is 7.00. The van der Waals surface area contributed by atoms with Crippen molar-refractivity contribution < 1.29 is 14.2 Å². The summed E-state index contributed by atoms with van der Waals surface area (Å²) in [5.41, 5.74) is 8.49. The molecular formula is C35H20B2N2O3. The van der Waals surface area contributed by atoms with E-state index in [-0.39, 0.29) is 13.4 Å². The molecule has 4 aliphatic heterocycles. The Morgan fingerprint density at radius 1 is 0.476 bits per heavy atom. The number of benzene rings is 5. The molecule has 0 bridgehead atoms. The minimum atomic E-state index is -0.109. The summed E-state index contributed by atoms with van der Waals surface area (Å²) in [6.45, 7) is -0.158. The van der Waals surface area contributed by atoms with E-state index in [2.05, 4.69) is 77.7 Å². The van der Waals surface area contributed by atoms with E-state index in [1.165, 1.54) is 0 Å². The number of pyridine rings is 1. The second-order valence-corrected chi connectivity index (χ2v) is 11.1. The van der Waals surface area contributed by atoms with E-state index in [0.717, 1.165) is 84.6 Å². The van der Waals surface area contributed by atoms with Crippen molar-refractivity contribution in [2.24, 2.45) is 0 Å². The quantitative estimate of drug-likeness (QED) is 0.293. The maximum Gasteiger partial charge on any atom is 0.284 e. The Labute approximate surface area is 243 Å². The average Bonchev–Trinajstić information content (AvgIpc) is 3.04. The van der Waals surface area contributed by atoms with Crippen molar-refractivity contribution in [2.45, 2.75) is 0 Å². The summed E-state index contributed by atoms with van der Waals surface area (Å²) < 4.78 is 19.5. The van der Waals surface area contributed by atoms with Gasteiger partial charge in [0.1, 0.15) is 40.3 Å². The van der Waals surface area contributed by atoms with E-state index in [1.807, 2.05) is 48.5 Å². The van der Waals surface area contributed by atoms with E-state index >= 15 is 0 Å². The van der Waals surface area contributed by atoms with Gasteiger partial charge in [-0.2, -0.15) is 0 Å². The highest BCUT2D eigenvalue weighted by atomic mass is 16.5. The topological polar surface area (TPSA) is 43.8 Å². The second kappa shape index (κ2) is 8.08. The highest BCUT2D eigenvalue weighted by Crippen LogP contribution is 2.41. The lowest BCUT2D eigenvalue weighted by Gasteiger charge is -2.40. The number of anilines is 3. The van der Waals surface area contributed by atoms with Gasteiger partial charge >= 0.3 is 0 Å². The first-order chi connectivity index (χ1) is 20.8. The van der Waals surface area contributed by atoms with Gasteiger partial charge in [-0.3, -0.25) is 4.90 Å². The number of fused-ring (bicyclic) bond motifs is 8. The molecule has 0 spiro atoms. The van der Waals surface area contributed by atoms with Gasteiger partial charge in [-0.15, -0.1) is 0 Å². The lowest BCUT2D eigenvalue weighted by molar-refractivity contribution is 0.463. The van der Waals surface area contributed by atoms with Gasteiger partial charge in [0.2, 0.25) is 0 Å². The molecule has 5 heterocycles. The van der Waals surface area contributed by atoms with Gasteiger partial charge in [-0.05, 0) is 76.4 Å². The largest absolute Gasteiger partial charge is 0.458 e. The van der Waals surface area contributed by atoms with Gasteiger partial charge in [0, 0.05) is 16.8 Å². The molecule has 0 radical (unpaired) electrons. The van der Waals surface area contributed by atoms with Gasteiger partial charge in [-0.25, -0.2) is 4.98 Å². The molecule has 6 aromatic rings. The third-order valence-electron chi connectivity index (χ3n) is 8.84. The zero-order valence-electron chi connectivity index (χ0n) is 22.3. The summed E-state index contributed by atoms with van der Waals surface area (Å²) in [6.07, 6.45) is 0.